The molecule has 0 aromatic heterocycles. The number of hydrogen-bond donors (Lipinski definition) is 1. The average Bonchev–Trinajstić information content (AvgIpc) is 2.38. The lowest BCUT2D eigenvalue weighted by molar-refractivity contribution is -0.274. The van der Waals surface area contributed by atoms with Crippen molar-refractivity contribution in [3.63, 3.8) is 0 Å². The summed E-state index contributed by atoms with van der Waals surface area (Å²) in [5.74, 6) is 0.353. The van der Waals surface area contributed by atoms with E-state index in [4.69, 9.17) is 0 Å². The smallest absolute Gasteiger partial charge is 0.404 e. The number of ether oxygens (including phenoxy) is 1. The van der Waals surface area contributed by atoms with E-state index in [1.54, 1.807) is 12.1 Å². The lowest BCUT2D eigenvalue weighted by Gasteiger charge is -2.23. The predicted octanol–water partition coefficient (Wildman–Crippen LogP) is 5.21. The van der Waals surface area contributed by atoms with Crippen molar-refractivity contribution >= 4 is 5.69 Å². The maximum Gasteiger partial charge on any atom is 0.573 e. The van der Waals surface area contributed by atoms with Gasteiger partial charge in [0.25, 0.3) is 0 Å². The molecule has 0 heterocycles. The molecule has 0 bridgehead atoms. The second kappa shape index (κ2) is 7.41. The Morgan fingerprint density at radius 2 is 1.80 bits per heavy atom. The molecular formula is C15H22F3NO. The second-order valence-electron chi connectivity index (χ2n) is 5.04. The van der Waals surface area contributed by atoms with Gasteiger partial charge in [-0.15, -0.1) is 13.2 Å². The van der Waals surface area contributed by atoms with Crippen molar-refractivity contribution in [2.75, 3.05) is 5.32 Å². The molecule has 0 aliphatic carbocycles. The van der Waals surface area contributed by atoms with E-state index in [-0.39, 0.29) is 11.8 Å². The highest BCUT2D eigenvalue weighted by Crippen LogP contribution is 2.31. The zero-order valence-electron chi connectivity index (χ0n) is 12.1. The first-order valence-corrected chi connectivity index (χ1v) is 6.97. The molecule has 1 aromatic rings. The lowest BCUT2D eigenvalue weighted by Crippen LogP contribution is -2.23. The molecule has 0 radical (unpaired) electrons. The van der Waals surface area contributed by atoms with Gasteiger partial charge in [0.1, 0.15) is 0 Å². The van der Waals surface area contributed by atoms with E-state index >= 15 is 0 Å². The van der Waals surface area contributed by atoms with Gasteiger partial charge < -0.3 is 10.1 Å². The SMILES string of the molecule is CCC(C)CC(CC)Nc1ccccc1OC(F)(F)F. The first-order valence-electron chi connectivity index (χ1n) is 6.97. The second-order valence-corrected chi connectivity index (χ2v) is 5.04. The highest BCUT2D eigenvalue weighted by Gasteiger charge is 2.32. The van der Waals surface area contributed by atoms with Crippen molar-refractivity contribution < 1.29 is 17.9 Å². The van der Waals surface area contributed by atoms with Crippen LogP contribution in [0.25, 0.3) is 0 Å². The minimum atomic E-state index is -4.67. The van der Waals surface area contributed by atoms with E-state index in [1.807, 2.05) is 6.92 Å². The molecule has 0 fully saturated rings. The molecule has 114 valence electrons. The number of rotatable bonds is 7. The third-order valence-electron chi connectivity index (χ3n) is 3.35. The van der Waals surface area contributed by atoms with Crippen LogP contribution in [0.4, 0.5) is 18.9 Å². The third-order valence-corrected chi connectivity index (χ3v) is 3.35. The van der Waals surface area contributed by atoms with Crippen molar-refractivity contribution in [2.24, 2.45) is 5.92 Å². The van der Waals surface area contributed by atoms with E-state index in [2.05, 4.69) is 23.9 Å². The maximum absolute atomic E-state index is 12.4. The number of benzene rings is 1. The van der Waals surface area contributed by atoms with E-state index in [0.717, 1.165) is 19.3 Å². The van der Waals surface area contributed by atoms with Crippen molar-refractivity contribution in [3.8, 4) is 5.75 Å². The molecule has 20 heavy (non-hydrogen) atoms. The molecule has 0 aliphatic rings. The Balaban J connectivity index is 2.79. The van der Waals surface area contributed by atoms with Crippen LogP contribution in [0.2, 0.25) is 0 Å². The highest BCUT2D eigenvalue weighted by molar-refractivity contribution is 5.56. The van der Waals surface area contributed by atoms with Crippen LogP contribution >= 0.6 is 0 Å². The lowest BCUT2D eigenvalue weighted by atomic mass is 9.97. The van der Waals surface area contributed by atoms with Gasteiger partial charge in [-0.2, -0.15) is 0 Å². The summed E-state index contributed by atoms with van der Waals surface area (Å²) in [6, 6.07) is 6.30. The van der Waals surface area contributed by atoms with Crippen LogP contribution in [0, 0.1) is 5.92 Å². The quantitative estimate of drug-likeness (QED) is 0.743. The van der Waals surface area contributed by atoms with E-state index in [0.29, 0.717) is 11.6 Å². The van der Waals surface area contributed by atoms with Crippen molar-refractivity contribution in [1.29, 1.82) is 0 Å². The monoisotopic (exact) mass is 289 g/mol. The minimum Gasteiger partial charge on any atom is -0.404 e. The molecule has 0 saturated heterocycles. The van der Waals surface area contributed by atoms with Crippen LogP contribution in [0.5, 0.6) is 5.75 Å². The molecule has 2 nitrogen and oxygen atoms in total. The number of hydrogen-bond acceptors (Lipinski definition) is 2. The minimum absolute atomic E-state index is 0.142. The van der Waals surface area contributed by atoms with E-state index in [9.17, 15) is 13.2 Å². The van der Waals surface area contributed by atoms with Gasteiger partial charge in [-0.25, -0.2) is 0 Å². The number of nitrogens with one attached hydrogen (secondary N) is 1. The number of alkyl halides is 3. The zero-order chi connectivity index (χ0) is 15.2. The molecule has 0 saturated carbocycles. The fourth-order valence-corrected chi connectivity index (χ4v) is 2.00. The van der Waals surface area contributed by atoms with Crippen LogP contribution in [-0.2, 0) is 0 Å². The van der Waals surface area contributed by atoms with Crippen molar-refractivity contribution in [1.82, 2.24) is 0 Å². The Labute approximate surface area is 118 Å². The van der Waals surface area contributed by atoms with Crippen LogP contribution in [-0.4, -0.2) is 12.4 Å². The summed E-state index contributed by atoms with van der Waals surface area (Å²) in [5, 5.41) is 3.16. The van der Waals surface area contributed by atoms with Gasteiger partial charge in [-0.05, 0) is 30.9 Å². The fourth-order valence-electron chi connectivity index (χ4n) is 2.00. The van der Waals surface area contributed by atoms with Crippen LogP contribution in [0.3, 0.4) is 0 Å². The van der Waals surface area contributed by atoms with Crippen LogP contribution in [0.15, 0.2) is 24.3 Å². The Morgan fingerprint density at radius 3 is 2.35 bits per heavy atom. The molecule has 0 aliphatic heterocycles. The topological polar surface area (TPSA) is 21.3 Å². The molecule has 2 unspecified atom stereocenters. The van der Waals surface area contributed by atoms with E-state index in [1.165, 1.54) is 12.1 Å². The summed E-state index contributed by atoms with van der Waals surface area (Å²) in [7, 11) is 0. The first-order chi connectivity index (χ1) is 9.35. The largest absolute Gasteiger partial charge is 0.573 e. The molecule has 0 spiro atoms. The maximum atomic E-state index is 12.4. The number of halogens is 3. The summed E-state index contributed by atoms with van der Waals surface area (Å²) in [4.78, 5) is 0. The molecular weight excluding hydrogens is 267 g/mol. The third kappa shape index (κ3) is 5.72. The van der Waals surface area contributed by atoms with Gasteiger partial charge in [0.15, 0.2) is 5.75 Å². The Kier molecular flexibility index (Phi) is 6.17. The normalized spacial score (nSPS) is 14.7. The van der Waals surface area contributed by atoms with E-state index < -0.39 is 6.36 Å². The number of para-hydroxylation sites is 2. The molecule has 0 amide bonds. The zero-order valence-corrected chi connectivity index (χ0v) is 12.1. The Hall–Kier alpha value is -1.39. The number of anilines is 1. The highest BCUT2D eigenvalue weighted by atomic mass is 19.4. The van der Waals surface area contributed by atoms with Crippen LogP contribution in [0.1, 0.15) is 40.0 Å². The first kappa shape index (κ1) is 16.7. The van der Waals surface area contributed by atoms with Gasteiger partial charge in [0.05, 0.1) is 5.69 Å². The molecule has 5 heteroatoms. The van der Waals surface area contributed by atoms with Gasteiger partial charge in [-0.3, -0.25) is 0 Å². The standard InChI is InChI=1S/C15H22F3NO/c1-4-11(3)10-12(5-2)19-13-8-6-7-9-14(13)20-15(16,17)18/h6-9,11-12,19H,4-5,10H2,1-3H3. The van der Waals surface area contributed by atoms with Gasteiger partial charge in [-0.1, -0.05) is 39.3 Å². The Morgan fingerprint density at radius 1 is 1.15 bits per heavy atom. The van der Waals surface area contributed by atoms with Crippen molar-refractivity contribution in [2.45, 2.75) is 52.4 Å². The summed E-state index contributed by atoms with van der Waals surface area (Å²) in [5.41, 5.74) is 0.389. The summed E-state index contributed by atoms with van der Waals surface area (Å²) >= 11 is 0. The molecule has 1 rings (SSSR count). The molecule has 1 N–H and O–H groups in total. The fraction of sp³-hybridized carbons (Fsp3) is 0.600. The average molecular weight is 289 g/mol. The van der Waals surface area contributed by atoms with Crippen LogP contribution < -0.4 is 10.1 Å². The Bertz CT molecular complexity index is 406. The van der Waals surface area contributed by atoms with Gasteiger partial charge >= 0.3 is 6.36 Å². The van der Waals surface area contributed by atoms with Crippen molar-refractivity contribution in [3.05, 3.63) is 24.3 Å². The molecule has 2 atom stereocenters. The van der Waals surface area contributed by atoms with Gasteiger partial charge in [0.2, 0.25) is 0 Å². The predicted molar refractivity (Wildman–Crippen MR) is 74.9 cm³/mol. The molecule has 1 aromatic carbocycles. The summed E-state index contributed by atoms with van der Waals surface area (Å²) in [6.45, 7) is 6.27. The summed E-state index contributed by atoms with van der Waals surface area (Å²) in [6.07, 6.45) is -1.84. The summed E-state index contributed by atoms with van der Waals surface area (Å²) < 4.78 is 41.1. The van der Waals surface area contributed by atoms with Gasteiger partial charge in [0, 0.05) is 6.04 Å².